The molecule has 19 heavy (non-hydrogen) atoms. The number of hydrogen-bond donors (Lipinski definition) is 3. The Kier molecular flexibility index (Phi) is 2.45. The third-order valence-electron chi connectivity index (χ3n) is 3.05. The Morgan fingerprint density at radius 2 is 2.00 bits per heavy atom. The van der Waals surface area contributed by atoms with Gasteiger partial charge in [0.2, 0.25) is 0 Å². The predicted octanol–water partition coefficient (Wildman–Crippen LogP) is 1.96. The van der Waals surface area contributed by atoms with Crippen molar-refractivity contribution in [2.24, 2.45) is 0 Å². The molecular formula is C14H12N4O. The van der Waals surface area contributed by atoms with Crippen LogP contribution in [0.4, 0.5) is 11.4 Å². The lowest BCUT2D eigenvalue weighted by atomic mass is 10.0. The van der Waals surface area contributed by atoms with Crippen LogP contribution >= 0.6 is 0 Å². The standard InChI is InChI=1S/C14H12N4O/c15-8-1-2-9(12(16)5-8)14(19)11-7-18-13-3-4-17-6-10(11)13/h1-7,18H,15-16H2. The average molecular weight is 252 g/mol. The quantitative estimate of drug-likeness (QED) is 0.479. The molecule has 1 aromatic carbocycles. The molecule has 0 amide bonds. The maximum Gasteiger partial charge on any atom is 0.197 e. The Labute approximate surface area is 109 Å². The first-order chi connectivity index (χ1) is 9.16. The molecule has 3 aromatic rings. The Bertz CT molecular complexity index is 776. The summed E-state index contributed by atoms with van der Waals surface area (Å²) in [6, 6.07) is 6.71. The second-order valence-corrected chi connectivity index (χ2v) is 4.30. The van der Waals surface area contributed by atoms with Crippen LogP contribution in [0.5, 0.6) is 0 Å². The Morgan fingerprint density at radius 3 is 2.79 bits per heavy atom. The van der Waals surface area contributed by atoms with Gasteiger partial charge in [-0.2, -0.15) is 0 Å². The summed E-state index contributed by atoms with van der Waals surface area (Å²) in [6.07, 6.45) is 5.00. The molecule has 0 atom stereocenters. The van der Waals surface area contributed by atoms with Crippen LogP contribution in [0.25, 0.3) is 10.9 Å². The summed E-state index contributed by atoms with van der Waals surface area (Å²) in [5, 5.41) is 0.781. The van der Waals surface area contributed by atoms with Crippen molar-refractivity contribution in [1.29, 1.82) is 0 Å². The smallest absolute Gasteiger partial charge is 0.197 e. The van der Waals surface area contributed by atoms with Gasteiger partial charge in [0.1, 0.15) is 0 Å². The number of anilines is 2. The average Bonchev–Trinajstić information content (AvgIpc) is 2.82. The normalized spacial score (nSPS) is 10.7. The number of nitrogens with one attached hydrogen (secondary N) is 1. The molecule has 94 valence electrons. The van der Waals surface area contributed by atoms with Gasteiger partial charge in [-0.15, -0.1) is 0 Å². The van der Waals surface area contributed by atoms with Crippen molar-refractivity contribution in [3.05, 3.63) is 54.0 Å². The Morgan fingerprint density at radius 1 is 1.16 bits per heavy atom. The lowest BCUT2D eigenvalue weighted by Crippen LogP contribution is -2.05. The second kappa shape index (κ2) is 4.13. The molecule has 0 aliphatic heterocycles. The number of aromatic nitrogens is 2. The summed E-state index contributed by atoms with van der Waals surface area (Å²) in [7, 11) is 0. The first-order valence-electron chi connectivity index (χ1n) is 5.77. The lowest BCUT2D eigenvalue weighted by molar-refractivity contribution is 0.104. The molecular weight excluding hydrogens is 240 g/mol. The van der Waals surface area contributed by atoms with Gasteiger partial charge in [0.25, 0.3) is 0 Å². The Hall–Kier alpha value is -2.82. The highest BCUT2D eigenvalue weighted by Gasteiger charge is 2.16. The number of hydrogen-bond acceptors (Lipinski definition) is 4. The van der Waals surface area contributed by atoms with Gasteiger partial charge in [-0.3, -0.25) is 9.78 Å². The van der Waals surface area contributed by atoms with E-state index in [2.05, 4.69) is 9.97 Å². The highest BCUT2D eigenvalue weighted by molar-refractivity contribution is 6.18. The fraction of sp³-hybridized carbons (Fsp3) is 0. The van der Waals surface area contributed by atoms with Crippen LogP contribution in [0.2, 0.25) is 0 Å². The zero-order chi connectivity index (χ0) is 13.4. The highest BCUT2D eigenvalue weighted by Crippen LogP contribution is 2.24. The minimum atomic E-state index is -0.142. The van der Waals surface area contributed by atoms with Crippen molar-refractivity contribution in [3.63, 3.8) is 0 Å². The summed E-state index contributed by atoms with van der Waals surface area (Å²) in [4.78, 5) is 19.6. The van der Waals surface area contributed by atoms with Crippen molar-refractivity contribution in [3.8, 4) is 0 Å². The van der Waals surface area contributed by atoms with Gasteiger partial charge < -0.3 is 16.5 Å². The SMILES string of the molecule is Nc1ccc(C(=O)c2c[nH]c3ccncc23)c(N)c1. The van der Waals surface area contributed by atoms with Gasteiger partial charge in [0.05, 0.1) is 0 Å². The summed E-state index contributed by atoms with van der Waals surface area (Å²) in [5.41, 5.74) is 14.3. The lowest BCUT2D eigenvalue weighted by Gasteiger charge is -2.04. The third-order valence-corrected chi connectivity index (χ3v) is 3.05. The molecule has 0 radical (unpaired) electrons. The summed E-state index contributed by atoms with van der Waals surface area (Å²) >= 11 is 0. The van der Waals surface area contributed by atoms with Crippen molar-refractivity contribution in [2.45, 2.75) is 0 Å². The van der Waals surface area contributed by atoms with Gasteiger partial charge in [0, 0.05) is 52.0 Å². The van der Waals surface area contributed by atoms with Gasteiger partial charge in [-0.05, 0) is 24.3 Å². The number of nitrogen functional groups attached to an aromatic ring is 2. The van der Waals surface area contributed by atoms with Crippen LogP contribution < -0.4 is 11.5 Å². The van der Waals surface area contributed by atoms with Crippen molar-refractivity contribution in [1.82, 2.24) is 9.97 Å². The van der Waals surface area contributed by atoms with Crippen molar-refractivity contribution >= 4 is 28.1 Å². The summed E-state index contributed by atoms with van der Waals surface area (Å²) in [5.74, 6) is -0.142. The van der Waals surface area contributed by atoms with Crippen LogP contribution in [0, 0.1) is 0 Å². The zero-order valence-corrected chi connectivity index (χ0v) is 10.1. The minimum Gasteiger partial charge on any atom is -0.399 e. The van der Waals surface area contributed by atoms with Crippen molar-refractivity contribution in [2.75, 3.05) is 11.5 Å². The highest BCUT2D eigenvalue weighted by atomic mass is 16.1. The molecule has 2 aromatic heterocycles. The van der Waals surface area contributed by atoms with E-state index in [0.29, 0.717) is 22.5 Å². The van der Waals surface area contributed by atoms with E-state index in [4.69, 9.17) is 11.5 Å². The van der Waals surface area contributed by atoms with Gasteiger partial charge in [-0.25, -0.2) is 0 Å². The Balaban J connectivity index is 2.13. The molecule has 0 bridgehead atoms. The molecule has 0 aliphatic rings. The number of H-pyrrole nitrogens is 1. The maximum absolute atomic E-state index is 12.5. The number of pyridine rings is 1. The molecule has 0 saturated carbocycles. The molecule has 2 heterocycles. The zero-order valence-electron chi connectivity index (χ0n) is 10.1. The molecule has 3 rings (SSSR count). The van der Waals surface area contributed by atoms with Crippen LogP contribution in [0.15, 0.2) is 42.9 Å². The predicted molar refractivity (Wildman–Crippen MR) is 74.8 cm³/mol. The fourth-order valence-corrected chi connectivity index (χ4v) is 2.08. The number of nitrogens with two attached hydrogens (primary N) is 2. The molecule has 0 aliphatic carbocycles. The van der Waals surface area contributed by atoms with E-state index in [1.807, 2.05) is 6.07 Å². The molecule has 0 unspecified atom stereocenters. The van der Waals surface area contributed by atoms with E-state index in [1.54, 1.807) is 36.8 Å². The van der Waals surface area contributed by atoms with Crippen LogP contribution in [0.1, 0.15) is 15.9 Å². The minimum absolute atomic E-state index is 0.142. The molecule has 5 heteroatoms. The molecule has 0 saturated heterocycles. The monoisotopic (exact) mass is 252 g/mol. The number of ketones is 1. The van der Waals surface area contributed by atoms with E-state index in [1.165, 1.54) is 0 Å². The number of carbonyl (C=O) groups is 1. The van der Waals surface area contributed by atoms with E-state index >= 15 is 0 Å². The largest absolute Gasteiger partial charge is 0.399 e. The van der Waals surface area contributed by atoms with Gasteiger partial charge >= 0.3 is 0 Å². The van der Waals surface area contributed by atoms with E-state index in [9.17, 15) is 4.79 Å². The van der Waals surface area contributed by atoms with E-state index < -0.39 is 0 Å². The fourth-order valence-electron chi connectivity index (χ4n) is 2.08. The summed E-state index contributed by atoms with van der Waals surface area (Å²) in [6.45, 7) is 0. The number of nitrogens with zero attached hydrogens (tertiary/aromatic N) is 1. The number of aromatic amines is 1. The molecule has 0 fully saturated rings. The van der Waals surface area contributed by atoms with Crippen LogP contribution in [-0.4, -0.2) is 15.8 Å². The third kappa shape index (κ3) is 1.81. The number of benzene rings is 1. The molecule has 0 spiro atoms. The van der Waals surface area contributed by atoms with E-state index in [0.717, 1.165) is 10.9 Å². The summed E-state index contributed by atoms with van der Waals surface area (Å²) < 4.78 is 0. The second-order valence-electron chi connectivity index (χ2n) is 4.30. The number of rotatable bonds is 2. The maximum atomic E-state index is 12.5. The van der Waals surface area contributed by atoms with Gasteiger partial charge in [-0.1, -0.05) is 0 Å². The molecule has 5 N–H and O–H groups in total. The van der Waals surface area contributed by atoms with Crippen LogP contribution in [-0.2, 0) is 0 Å². The molecule has 5 nitrogen and oxygen atoms in total. The number of carbonyl (C=O) groups excluding carboxylic acids is 1. The number of fused-ring (bicyclic) bond motifs is 1. The first kappa shape index (κ1) is 11.3. The topological polar surface area (TPSA) is 97.8 Å². The van der Waals surface area contributed by atoms with Gasteiger partial charge in [0.15, 0.2) is 5.78 Å². The van der Waals surface area contributed by atoms with Crippen LogP contribution in [0.3, 0.4) is 0 Å². The van der Waals surface area contributed by atoms with Crippen molar-refractivity contribution < 1.29 is 4.79 Å². The van der Waals surface area contributed by atoms with E-state index in [-0.39, 0.29) is 5.78 Å². The first-order valence-corrected chi connectivity index (χ1v) is 5.77.